The molecule has 0 aliphatic heterocycles. The fourth-order valence-corrected chi connectivity index (χ4v) is 2.94. The molecule has 1 aliphatic rings. The standard InChI is InChI=1S/C14H29N/c1-4-9-13(5-2)15-12-14(6-3)10-7-8-11-14/h13,15H,4-12H2,1-3H3. The van der Waals surface area contributed by atoms with Gasteiger partial charge in [-0.05, 0) is 37.5 Å². The van der Waals surface area contributed by atoms with Crippen LogP contribution in [-0.2, 0) is 0 Å². The van der Waals surface area contributed by atoms with Crippen molar-refractivity contribution >= 4 is 0 Å². The number of hydrogen-bond donors (Lipinski definition) is 1. The van der Waals surface area contributed by atoms with Gasteiger partial charge < -0.3 is 5.32 Å². The summed E-state index contributed by atoms with van der Waals surface area (Å²) in [5.41, 5.74) is 0.654. The zero-order valence-corrected chi connectivity index (χ0v) is 10.9. The van der Waals surface area contributed by atoms with E-state index in [9.17, 15) is 0 Å². The Kier molecular flexibility index (Phi) is 5.66. The quantitative estimate of drug-likeness (QED) is 0.668. The van der Waals surface area contributed by atoms with Crippen molar-refractivity contribution < 1.29 is 0 Å². The van der Waals surface area contributed by atoms with Gasteiger partial charge in [-0.15, -0.1) is 0 Å². The highest BCUT2D eigenvalue weighted by molar-refractivity contribution is 4.86. The molecular weight excluding hydrogens is 182 g/mol. The van der Waals surface area contributed by atoms with E-state index in [1.54, 1.807) is 0 Å². The predicted molar refractivity (Wildman–Crippen MR) is 68.2 cm³/mol. The van der Waals surface area contributed by atoms with E-state index in [4.69, 9.17) is 0 Å². The first-order chi connectivity index (χ1) is 7.26. The first-order valence-corrected chi connectivity index (χ1v) is 6.99. The van der Waals surface area contributed by atoms with E-state index < -0.39 is 0 Å². The molecule has 0 heterocycles. The second-order valence-corrected chi connectivity index (χ2v) is 5.34. The van der Waals surface area contributed by atoms with Crippen LogP contribution in [0.2, 0.25) is 0 Å². The summed E-state index contributed by atoms with van der Waals surface area (Å²) in [5.74, 6) is 0. The molecule has 1 aliphatic carbocycles. The van der Waals surface area contributed by atoms with Crippen molar-refractivity contribution in [3.63, 3.8) is 0 Å². The third-order valence-corrected chi connectivity index (χ3v) is 4.31. The Morgan fingerprint density at radius 2 is 1.80 bits per heavy atom. The highest BCUT2D eigenvalue weighted by atomic mass is 14.9. The fraction of sp³-hybridized carbons (Fsp3) is 1.00. The SMILES string of the molecule is CCCC(CC)NCC1(CC)CCCC1. The van der Waals surface area contributed by atoms with Crippen LogP contribution in [0.4, 0.5) is 0 Å². The Labute approximate surface area is 96.0 Å². The highest BCUT2D eigenvalue weighted by Gasteiger charge is 2.31. The molecule has 0 bridgehead atoms. The van der Waals surface area contributed by atoms with E-state index in [1.165, 1.54) is 57.9 Å². The highest BCUT2D eigenvalue weighted by Crippen LogP contribution is 2.40. The fourth-order valence-electron chi connectivity index (χ4n) is 2.94. The van der Waals surface area contributed by atoms with Gasteiger partial charge in [-0.2, -0.15) is 0 Å². The lowest BCUT2D eigenvalue weighted by Gasteiger charge is -2.30. The lowest BCUT2D eigenvalue weighted by atomic mass is 9.83. The number of rotatable bonds is 7. The average Bonchev–Trinajstić information content (AvgIpc) is 2.73. The van der Waals surface area contributed by atoms with Crippen molar-refractivity contribution in [1.82, 2.24) is 5.32 Å². The number of nitrogens with one attached hydrogen (secondary N) is 1. The summed E-state index contributed by atoms with van der Waals surface area (Å²) < 4.78 is 0. The van der Waals surface area contributed by atoms with Crippen molar-refractivity contribution in [1.29, 1.82) is 0 Å². The van der Waals surface area contributed by atoms with E-state index in [0.29, 0.717) is 5.41 Å². The molecular formula is C14H29N. The van der Waals surface area contributed by atoms with Gasteiger partial charge >= 0.3 is 0 Å². The molecule has 1 atom stereocenters. The largest absolute Gasteiger partial charge is 0.313 e. The maximum atomic E-state index is 3.80. The Balaban J connectivity index is 2.32. The molecule has 15 heavy (non-hydrogen) atoms. The third kappa shape index (κ3) is 3.79. The summed E-state index contributed by atoms with van der Waals surface area (Å²) in [5, 5.41) is 3.80. The molecule has 0 radical (unpaired) electrons. The second kappa shape index (κ2) is 6.52. The van der Waals surface area contributed by atoms with Crippen molar-refractivity contribution in [3.05, 3.63) is 0 Å². The molecule has 0 aromatic heterocycles. The normalized spacial score (nSPS) is 21.8. The van der Waals surface area contributed by atoms with Gasteiger partial charge in [-0.25, -0.2) is 0 Å². The van der Waals surface area contributed by atoms with E-state index in [0.717, 1.165) is 6.04 Å². The molecule has 1 rings (SSSR count). The van der Waals surface area contributed by atoms with Gasteiger partial charge in [0.25, 0.3) is 0 Å². The summed E-state index contributed by atoms with van der Waals surface area (Å²) in [6.07, 6.45) is 11.1. The first-order valence-electron chi connectivity index (χ1n) is 6.99. The maximum absolute atomic E-state index is 3.80. The summed E-state index contributed by atoms with van der Waals surface area (Å²) in [7, 11) is 0. The second-order valence-electron chi connectivity index (χ2n) is 5.34. The van der Waals surface area contributed by atoms with Crippen LogP contribution in [0.25, 0.3) is 0 Å². The zero-order valence-electron chi connectivity index (χ0n) is 10.9. The van der Waals surface area contributed by atoms with E-state index >= 15 is 0 Å². The molecule has 1 fully saturated rings. The monoisotopic (exact) mass is 211 g/mol. The van der Waals surface area contributed by atoms with Gasteiger partial charge in [-0.1, -0.05) is 40.0 Å². The number of hydrogen-bond acceptors (Lipinski definition) is 1. The molecule has 0 aromatic carbocycles. The van der Waals surface area contributed by atoms with Crippen LogP contribution in [0.3, 0.4) is 0 Å². The first kappa shape index (κ1) is 13.0. The lowest BCUT2D eigenvalue weighted by Crippen LogP contribution is -2.38. The topological polar surface area (TPSA) is 12.0 Å². The minimum absolute atomic E-state index is 0.654. The summed E-state index contributed by atoms with van der Waals surface area (Å²) in [4.78, 5) is 0. The zero-order chi connectivity index (χ0) is 11.1. The molecule has 90 valence electrons. The van der Waals surface area contributed by atoms with Crippen LogP contribution < -0.4 is 5.32 Å². The Bertz CT molecular complexity index is 159. The molecule has 1 saturated carbocycles. The average molecular weight is 211 g/mol. The lowest BCUT2D eigenvalue weighted by molar-refractivity contribution is 0.250. The van der Waals surface area contributed by atoms with Crippen LogP contribution >= 0.6 is 0 Å². The van der Waals surface area contributed by atoms with Gasteiger partial charge in [0.05, 0.1) is 0 Å². The molecule has 0 aromatic rings. The molecule has 1 heteroatoms. The molecule has 0 saturated heterocycles. The Morgan fingerprint density at radius 3 is 2.27 bits per heavy atom. The summed E-state index contributed by atoms with van der Waals surface area (Å²) >= 11 is 0. The van der Waals surface area contributed by atoms with E-state index in [2.05, 4.69) is 26.1 Å². The van der Waals surface area contributed by atoms with Crippen molar-refractivity contribution in [2.24, 2.45) is 5.41 Å². The predicted octanol–water partition coefficient (Wildman–Crippen LogP) is 4.13. The van der Waals surface area contributed by atoms with Crippen LogP contribution in [0.1, 0.15) is 72.1 Å². The van der Waals surface area contributed by atoms with Crippen LogP contribution in [-0.4, -0.2) is 12.6 Å². The van der Waals surface area contributed by atoms with Crippen molar-refractivity contribution in [2.75, 3.05) is 6.54 Å². The molecule has 1 nitrogen and oxygen atoms in total. The molecule has 0 amide bonds. The minimum atomic E-state index is 0.654. The molecule has 1 unspecified atom stereocenters. The maximum Gasteiger partial charge on any atom is 0.00645 e. The summed E-state index contributed by atoms with van der Waals surface area (Å²) in [6.45, 7) is 8.23. The minimum Gasteiger partial charge on any atom is -0.313 e. The van der Waals surface area contributed by atoms with E-state index in [1.807, 2.05) is 0 Å². The van der Waals surface area contributed by atoms with Crippen LogP contribution in [0.5, 0.6) is 0 Å². The van der Waals surface area contributed by atoms with Gasteiger partial charge in [0.15, 0.2) is 0 Å². The van der Waals surface area contributed by atoms with Gasteiger partial charge in [0, 0.05) is 12.6 Å². The van der Waals surface area contributed by atoms with Gasteiger partial charge in [0.1, 0.15) is 0 Å². The van der Waals surface area contributed by atoms with Gasteiger partial charge in [0.2, 0.25) is 0 Å². The molecule has 1 N–H and O–H groups in total. The van der Waals surface area contributed by atoms with Crippen molar-refractivity contribution in [2.45, 2.75) is 78.2 Å². The molecule has 0 spiro atoms. The van der Waals surface area contributed by atoms with Crippen LogP contribution in [0.15, 0.2) is 0 Å². The Hall–Kier alpha value is -0.0400. The van der Waals surface area contributed by atoms with Crippen molar-refractivity contribution in [3.8, 4) is 0 Å². The van der Waals surface area contributed by atoms with Crippen LogP contribution in [0, 0.1) is 5.41 Å². The smallest absolute Gasteiger partial charge is 0.00645 e. The summed E-state index contributed by atoms with van der Waals surface area (Å²) in [6, 6.07) is 0.763. The van der Waals surface area contributed by atoms with Gasteiger partial charge in [-0.3, -0.25) is 0 Å². The van der Waals surface area contributed by atoms with E-state index in [-0.39, 0.29) is 0 Å². The Morgan fingerprint density at radius 1 is 1.13 bits per heavy atom. The third-order valence-electron chi connectivity index (χ3n) is 4.31.